The number of hydrogen-bond donors (Lipinski definition) is 1. The van der Waals surface area contributed by atoms with Gasteiger partial charge in [-0.15, -0.1) is 12.4 Å². The van der Waals surface area contributed by atoms with Gasteiger partial charge in [0, 0.05) is 25.2 Å². The summed E-state index contributed by atoms with van der Waals surface area (Å²) < 4.78 is 5.49. The molecule has 1 heterocycles. The summed E-state index contributed by atoms with van der Waals surface area (Å²) in [7, 11) is 0. The molecule has 0 aromatic carbocycles. The smallest absolute Gasteiger partial charge is 0.0506 e. The second-order valence-electron chi connectivity index (χ2n) is 5.39. The van der Waals surface area contributed by atoms with Gasteiger partial charge in [-0.3, -0.25) is 0 Å². The van der Waals surface area contributed by atoms with Gasteiger partial charge in [0.25, 0.3) is 0 Å². The zero-order valence-corrected chi connectivity index (χ0v) is 11.7. The van der Waals surface area contributed by atoms with Crippen molar-refractivity contribution >= 4 is 12.4 Å². The van der Waals surface area contributed by atoms with E-state index in [4.69, 9.17) is 10.5 Å². The summed E-state index contributed by atoms with van der Waals surface area (Å²) >= 11 is 0. The molecule has 3 nitrogen and oxygen atoms in total. The molecule has 1 rings (SSSR count). The standard InChI is InChI=1S/C12H26N2O.ClH/c1-4-15-9-11-6-5-7-14(8-11)10-12(2,3)13;/h11H,4-10,13H2,1-3H3;1H. The topological polar surface area (TPSA) is 38.5 Å². The molecule has 0 amide bonds. The lowest BCUT2D eigenvalue weighted by Gasteiger charge is -2.36. The Morgan fingerprint density at radius 1 is 1.44 bits per heavy atom. The van der Waals surface area contributed by atoms with Gasteiger partial charge in [-0.2, -0.15) is 0 Å². The Morgan fingerprint density at radius 3 is 2.69 bits per heavy atom. The van der Waals surface area contributed by atoms with Gasteiger partial charge in [0.2, 0.25) is 0 Å². The number of hydrogen-bond acceptors (Lipinski definition) is 3. The summed E-state index contributed by atoms with van der Waals surface area (Å²) in [6.45, 7) is 11.3. The molecular formula is C12H27ClN2O. The number of piperidine rings is 1. The first kappa shape index (κ1) is 16.2. The molecule has 0 radical (unpaired) electrons. The van der Waals surface area contributed by atoms with Crippen LogP contribution in [0.3, 0.4) is 0 Å². The van der Waals surface area contributed by atoms with Crippen molar-refractivity contribution in [1.29, 1.82) is 0 Å². The molecule has 98 valence electrons. The Labute approximate surface area is 106 Å². The molecule has 0 saturated carbocycles. The molecule has 16 heavy (non-hydrogen) atoms. The number of halogens is 1. The van der Waals surface area contributed by atoms with Gasteiger partial charge >= 0.3 is 0 Å². The van der Waals surface area contributed by atoms with E-state index in [-0.39, 0.29) is 17.9 Å². The van der Waals surface area contributed by atoms with Crippen molar-refractivity contribution in [3.8, 4) is 0 Å². The number of likely N-dealkylation sites (tertiary alicyclic amines) is 1. The van der Waals surface area contributed by atoms with Gasteiger partial charge in [-0.25, -0.2) is 0 Å². The van der Waals surface area contributed by atoms with Gasteiger partial charge in [0.1, 0.15) is 0 Å². The first-order chi connectivity index (χ1) is 7.01. The van der Waals surface area contributed by atoms with Gasteiger partial charge in [0.05, 0.1) is 6.61 Å². The molecule has 1 unspecified atom stereocenters. The molecule has 4 heteroatoms. The number of nitrogens with zero attached hydrogens (tertiary/aromatic N) is 1. The Hall–Kier alpha value is 0.170. The van der Waals surface area contributed by atoms with Crippen LogP contribution in [0.1, 0.15) is 33.6 Å². The highest BCUT2D eigenvalue weighted by molar-refractivity contribution is 5.85. The Morgan fingerprint density at radius 2 is 2.12 bits per heavy atom. The average Bonchev–Trinajstić information content (AvgIpc) is 2.12. The van der Waals surface area contributed by atoms with Crippen LogP contribution in [0.4, 0.5) is 0 Å². The summed E-state index contributed by atoms with van der Waals surface area (Å²) in [5.41, 5.74) is 5.96. The first-order valence-corrected chi connectivity index (χ1v) is 6.10. The molecule has 0 aromatic heterocycles. The van der Waals surface area contributed by atoms with Crippen LogP contribution < -0.4 is 5.73 Å². The fraction of sp³-hybridized carbons (Fsp3) is 1.00. The molecule has 1 saturated heterocycles. The molecular weight excluding hydrogens is 224 g/mol. The number of nitrogens with two attached hydrogens (primary N) is 1. The van der Waals surface area contributed by atoms with Gasteiger partial charge < -0.3 is 15.4 Å². The molecule has 1 aliphatic heterocycles. The predicted molar refractivity (Wildman–Crippen MR) is 71.2 cm³/mol. The lowest BCUT2D eigenvalue weighted by molar-refractivity contribution is 0.0613. The third-order valence-corrected chi connectivity index (χ3v) is 2.79. The van der Waals surface area contributed by atoms with E-state index in [1.54, 1.807) is 0 Å². The SMILES string of the molecule is CCOCC1CCCN(CC(C)(C)N)C1.Cl. The highest BCUT2D eigenvalue weighted by Crippen LogP contribution is 2.18. The third kappa shape index (κ3) is 6.69. The van der Waals surface area contributed by atoms with Crippen LogP contribution in [0.15, 0.2) is 0 Å². The number of rotatable bonds is 5. The van der Waals surface area contributed by atoms with Crippen LogP contribution >= 0.6 is 12.4 Å². The van der Waals surface area contributed by atoms with Crippen LogP contribution in [0, 0.1) is 5.92 Å². The molecule has 1 aliphatic rings. The van der Waals surface area contributed by atoms with Crippen LogP contribution in [0.25, 0.3) is 0 Å². The summed E-state index contributed by atoms with van der Waals surface area (Å²) in [6, 6.07) is 0. The fourth-order valence-electron chi connectivity index (χ4n) is 2.29. The second-order valence-corrected chi connectivity index (χ2v) is 5.39. The lowest BCUT2D eigenvalue weighted by Crippen LogP contribution is -2.49. The summed E-state index contributed by atoms with van der Waals surface area (Å²) in [5.74, 6) is 0.709. The Kier molecular flexibility index (Phi) is 7.57. The van der Waals surface area contributed by atoms with Crippen molar-refractivity contribution in [3.05, 3.63) is 0 Å². The van der Waals surface area contributed by atoms with Crippen molar-refractivity contribution in [2.45, 2.75) is 39.2 Å². The predicted octanol–water partition coefficient (Wildman–Crippen LogP) is 1.89. The van der Waals surface area contributed by atoms with Gasteiger partial charge in [-0.05, 0) is 46.1 Å². The summed E-state index contributed by atoms with van der Waals surface area (Å²) in [6.07, 6.45) is 2.59. The van der Waals surface area contributed by atoms with Crippen LogP contribution in [-0.2, 0) is 4.74 Å². The van der Waals surface area contributed by atoms with Crippen LogP contribution in [0.2, 0.25) is 0 Å². The summed E-state index contributed by atoms with van der Waals surface area (Å²) in [5, 5.41) is 0. The molecule has 0 aromatic rings. The van der Waals surface area contributed by atoms with Crippen molar-refractivity contribution in [3.63, 3.8) is 0 Å². The normalized spacial score (nSPS) is 22.9. The summed E-state index contributed by atoms with van der Waals surface area (Å²) in [4.78, 5) is 2.48. The second kappa shape index (κ2) is 7.49. The molecule has 2 N–H and O–H groups in total. The van der Waals surface area contributed by atoms with E-state index in [0.29, 0.717) is 5.92 Å². The van der Waals surface area contributed by atoms with E-state index >= 15 is 0 Å². The minimum Gasteiger partial charge on any atom is -0.381 e. The Balaban J connectivity index is 0.00000225. The maximum atomic E-state index is 6.04. The average molecular weight is 251 g/mol. The van der Waals surface area contributed by atoms with E-state index in [9.17, 15) is 0 Å². The van der Waals surface area contributed by atoms with Crippen molar-refractivity contribution in [2.75, 3.05) is 32.8 Å². The van der Waals surface area contributed by atoms with E-state index < -0.39 is 0 Å². The lowest BCUT2D eigenvalue weighted by atomic mass is 9.97. The minimum absolute atomic E-state index is 0. The van der Waals surface area contributed by atoms with Crippen molar-refractivity contribution in [1.82, 2.24) is 4.90 Å². The van der Waals surface area contributed by atoms with E-state index in [2.05, 4.69) is 25.7 Å². The van der Waals surface area contributed by atoms with Crippen molar-refractivity contribution < 1.29 is 4.74 Å². The fourth-order valence-corrected chi connectivity index (χ4v) is 2.29. The maximum Gasteiger partial charge on any atom is 0.0506 e. The molecule has 0 spiro atoms. The van der Waals surface area contributed by atoms with Crippen molar-refractivity contribution in [2.24, 2.45) is 11.7 Å². The zero-order chi connectivity index (χ0) is 11.3. The van der Waals surface area contributed by atoms with Crippen LogP contribution in [-0.4, -0.2) is 43.3 Å². The molecule has 0 aliphatic carbocycles. The van der Waals surface area contributed by atoms with E-state index in [1.807, 2.05) is 0 Å². The largest absolute Gasteiger partial charge is 0.381 e. The molecule has 1 atom stereocenters. The highest BCUT2D eigenvalue weighted by atomic mass is 35.5. The third-order valence-electron chi connectivity index (χ3n) is 2.79. The minimum atomic E-state index is -0.0759. The monoisotopic (exact) mass is 250 g/mol. The van der Waals surface area contributed by atoms with E-state index in [1.165, 1.54) is 19.4 Å². The van der Waals surface area contributed by atoms with E-state index in [0.717, 1.165) is 26.3 Å². The number of ether oxygens (including phenoxy) is 1. The van der Waals surface area contributed by atoms with Gasteiger partial charge in [-0.1, -0.05) is 0 Å². The molecule has 0 bridgehead atoms. The highest BCUT2D eigenvalue weighted by Gasteiger charge is 2.23. The quantitative estimate of drug-likeness (QED) is 0.810. The van der Waals surface area contributed by atoms with Gasteiger partial charge in [0.15, 0.2) is 0 Å². The first-order valence-electron chi connectivity index (χ1n) is 6.10. The zero-order valence-electron chi connectivity index (χ0n) is 10.9. The molecule has 1 fully saturated rings. The Bertz CT molecular complexity index is 182. The van der Waals surface area contributed by atoms with Crippen LogP contribution in [0.5, 0.6) is 0 Å². The maximum absolute atomic E-state index is 6.04.